The minimum Gasteiger partial charge on any atom is -0.462 e. The third kappa shape index (κ3) is 4.72. The van der Waals surface area contributed by atoms with E-state index in [0.717, 1.165) is 16.2 Å². The minimum atomic E-state index is -0.634. The quantitative estimate of drug-likeness (QED) is 0.431. The highest BCUT2D eigenvalue weighted by Crippen LogP contribution is 2.35. The average molecular weight is 486 g/mol. The number of fused-ring (bicyclic) bond motifs is 1. The highest BCUT2D eigenvalue weighted by molar-refractivity contribution is 7.18. The first-order valence-electron chi connectivity index (χ1n) is 11.1. The van der Waals surface area contributed by atoms with Gasteiger partial charge in [-0.15, -0.1) is 11.3 Å². The van der Waals surface area contributed by atoms with Crippen molar-refractivity contribution in [3.8, 4) is 0 Å². The van der Waals surface area contributed by atoms with E-state index in [1.165, 1.54) is 0 Å². The van der Waals surface area contributed by atoms with Crippen molar-refractivity contribution in [1.29, 1.82) is 0 Å². The van der Waals surface area contributed by atoms with Crippen molar-refractivity contribution in [2.24, 2.45) is 0 Å². The predicted octanol–water partition coefficient (Wildman–Crippen LogP) is 3.34. The zero-order valence-corrected chi connectivity index (χ0v) is 20.4. The molecule has 0 saturated heterocycles. The van der Waals surface area contributed by atoms with Gasteiger partial charge >= 0.3 is 5.97 Å². The number of carbonyl (C=O) groups excluding carboxylic acids is 5. The molecule has 0 spiro atoms. The summed E-state index contributed by atoms with van der Waals surface area (Å²) in [5, 5.41) is 2.88. The molecule has 34 heavy (non-hydrogen) atoms. The second-order valence-corrected chi connectivity index (χ2v) is 8.58. The van der Waals surface area contributed by atoms with Crippen LogP contribution >= 0.6 is 11.3 Å². The number of nitrogens with zero attached hydrogens (tertiary/aromatic N) is 2. The molecule has 4 amide bonds. The summed E-state index contributed by atoms with van der Waals surface area (Å²) in [4.78, 5) is 66.3. The van der Waals surface area contributed by atoms with Crippen molar-refractivity contribution in [1.82, 2.24) is 9.80 Å². The number of hydrogen-bond donors (Lipinski definition) is 1. The normalized spacial score (nSPS) is 12.5. The molecule has 0 fully saturated rings. The van der Waals surface area contributed by atoms with E-state index in [2.05, 4.69) is 5.32 Å². The van der Waals surface area contributed by atoms with Crippen LogP contribution in [0.1, 0.15) is 73.5 Å². The number of carbonyl (C=O) groups is 5. The van der Waals surface area contributed by atoms with Crippen LogP contribution in [-0.4, -0.2) is 65.6 Å². The van der Waals surface area contributed by atoms with Gasteiger partial charge in [0, 0.05) is 26.1 Å². The van der Waals surface area contributed by atoms with Gasteiger partial charge in [0.25, 0.3) is 17.7 Å². The maximum absolute atomic E-state index is 12.9. The number of esters is 1. The van der Waals surface area contributed by atoms with E-state index in [0.29, 0.717) is 34.7 Å². The molecule has 0 saturated carbocycles. The van der Waals surface area contributed by atoms with E-state index in [1.807, 2.05) is 13.8 Å². The Bertz CT molecular complexity index is 1120. The van der Waals surface area contributed by atoms with E-state index in [9.17, 15) is 24.0 Å². The lowest BCUT2D eigenvalue weighted by Gasteiger charge is -2.18. The Morgan fingerprint density at radius 2 is 1.62 bits per heavy atom. The first-order valence-corrected chi connectivity index (χ1v) is 11.9. The monoisotopic (exact) mass is 485 g/mol. The summed E-state index contributed by atoms with van der Waals surface area (Å²) in [7, 11) is 0. The Balaban J connectivity index is 1.78. The maximum Gasteiger partial charge on any atom is 0.341 e. The number of rotatable bonds is 9. The number of hydrogen-bond acceptors (Lipinski definition) is 7. The van der Waals surface area contributed by atoms with Gasteiger partial charge in [0.15, 0.2) is 0 Å². The fraction of sp³-hybridized carbons (Fsp3) is 0.375. The zero-order valence-electron chi connectivity index (χ0n) is 19.6. The molecular weight excluding hydrogens is 458 g/mol. The Morgan fingerprint density at radius 3 is 2.15 bits per heavy atom. The lowest BCUT2D eigenvalue weighted by Crippen LogP contribution is -2.32. The number of anilines is 1. The van der Waals surface area contributed by atoms with Crippen LogP contribution in [0, 0.1) is 6.92 Å². The summed E-state index contributed by atoms with van der Waals surface area (Å²) in [5.41, 5.74) is 1.20. The Kier molecular flexibility index (Phi) is 7.83. The molecule has 3 rings (SSSR count). The van der Waals surface area contributed by atoms with Crippen LogP contribution in [0.25, 0.3) is 0 Å². The number of amides is 4. The minimum absolute atomic E-state index is 0.109. The Morgan fingerprint density at radius 1 is 1.03 bits per heavy atom. The van der Waals surface area contributed by atoms with Crippen molar-refractivity contribution < 1.29 is 28.7 Å². The molecule has 1 aromatic heterocycles. The molecule has 1 aliphatic heterocycles. The lowest BCUT2D eigenvalue weighted by molar-refractivity contribution is -0.116. The molecule has 0 aliphatic carbocycles. The van der Waals surface area contributed by atoms with Crippen LogP contribution in [0.5, 0.6) is 0 Å². The fourth-order valence-corrected chi connectivity index (χ4v) is 4.93. The zero-order chi connectivity index (χ0) is 25.0. The molecule has 0 atom stereocenters. The van der Waals surface area contributed by atoms with Gasteiger partial charge in [-0.25, -0.2) is 4.79 Å². The third-order valence-electron chi connectivity index (χ3n) is 5.56. The summed E-state index contributed by atoms with van der Waals surface area (Å²) in [6, 6.07) is 6.49. The molecule has 2 heterocycles. The summed E-state index contributed by atoms with van der Waals surface area (Å²) in [6.07, 6.45) is -0.163. The van der Waals surface area contributed by atoms with Crippen LogP contribution in [0.2, 0.25) is 0 Å². The van der Waals surface area contributed by atoms with Crippen molar-refractivity contribution in [2.45, 2.75) is 34.1 Å². The number of thiophene rings is 1. The predicted molar refractivity (Wildman–Crippen MR) is 127 cm³/mol. The van der Waals surface area contributed by atoms with Gasteiger partial charge in [-0.05, 0) is 45.4 Å². The molecule has 2 aromatic rings. The van der Waals surface area contributed by atoms with Gasteiger partial charge in [0.2, 0.25) is 5.91 Å². The van der Waals surface area contributed by atoms with Crippen LogP contribution in [0.15, 0.2) is 24.3 Å². The maximum atomic E-state index is 12.9. The van der Waals surface area contributed by atoms with Gasteiger partial charge in [-0.2, -0.15) is 0 Å². The second-order valence-electron chi connectivity index (χ2n) is 7.56. The Hall–Kier alpha value is -3.53. The number of ether oxygens (including phenoxy) is 1. The second kappa shape index (κ2) is 10.6. The summed E-state index contributed by atoms with van der Waals surface area (Å²) in [5.74, 6) is -2.25. The molecule has 0 radical (unpaired) electrons. The third-order valence-corrected chi connectivity index (χ3v) is 6.76. The first-order chi connectivity index (χ1) is 16.2. The molecule has 0 unspecified atom stereocenters. The molecule has 1 aliphatic rings. The summed E-state index contributed by atoms with van der Waals surface area (Å²) in [6.45, 7) is 8.07. The highest BCUT2D eigenvalue weighted by Gasteiger charge is 2.35. The van der Waals surface area contributed by atoms with E-state index < -0.39 is 23.7 Å². The van der Waals surface area contributed by atoms with Gasteiger partial charge in [0.05, 0.1) is 28.2 Å². The van der Waals surface area contributed by atoms with E-state index in [-0.39, 0.29) is 36.0 Å². The van der Waals surface area contributed by atoms with E-state index >= 15 is 0 Å². The lowest BCUT2D eigenvalue weighted by atomic mass is 10.1. The molecule has 0 bridgehead atoms. The fourth-order valence-electron chi connectivity index (χ4n) is 3.75. The smallest absolute Gasteiger partial charge is 0.341 e. The SMILES string of the molecule is CCOC(=O)c1c(NC(=O)CCN2C(=O)c3ccccc3C2=O)sc(C(=O)N(CC)CC)c1C. The van der Waals surface area contributed by atoms with Crippen LogP contribution in [-0.2, 0) is 9.53 Å². The Labute approximate surface area is 201 Å². The van der Waals surface area contributed by atoms with Crippen molar-refractivity contribution in [3.63, 3.8) is 0 Å². The first kappa shape index (κ1) is 25.1. The van der Waals surface area contributed by atoms with Crippen LogP contribution in [0.3, 0.4) is 0 Å². The average Bonchev–Trinajstić information content (AvgIpc) is 3.27. The molecule has 1 N–H and O–H groups in total. The van der Waals surface area contributed by atoms with Gasteiger partial charge in [-0.3, -0.25) is 24.1 Å². The van der Waals surface area contributed by atoms with Gasteiger partial charge in [0.1, 0.15) is 5.00 Å². The van der Waals surface area contributed by atoms with Crippen LogP contribution < -0.4 is 5.32 Å². The van der Waals surface area contributed by atoms with Crippen molar-refractivity contribution in [2.75, 3.05) is 31.6 Å². The van der Waals surface area contributed by atoms with Gasteiger partial charge in [-0.1, -0.05) is 12.1 Å². The van der Waals surface area contributed by atoms with Crippen molar-refractivity contribution in [3.05, 3.63) is 51.4 Å². The topological polar surface area (TPSA) is 113 Å². The molecule has 1 aromatic carbocycles. The van der Waals surface area contributed by atoms with E-state index in [4.69, 9.17) is 4.74 Å². The summed E-state index contributed by atoms with van der Waals surface area (Å²) < 4.78 is 5.14. The number of imide groups is 1. The number of benzene rings is 1. The van der Waals surface area contributed by atoms with Crippen LogP contribution in [0.4, 0.5) is 5.00 Å². The number of nitrogens with one attached hydrogen (secondary N) is 1. The van der Waals surface area contributed by atoms with Crippen molar-refractivity contribution >= 4 is 45.9 Å². The molecule has 180 valence electrons. The molecule has 9 nitrogen and oxygen atoms in total. The summed E-state index contributed by atoms with van der Waals surface area (Å²) >= 11 is 1.01. The molecular formula is C24H27N3O6S. The van der Waals surface area contributed by atoms with E-state index in [1.54, 1.807) is 43.0 Å². The molecule has 10 heteroatoms. The largest absolute Gasteiger partial charge is 0.462 e. The standard InChI is InChI=1S/C24H27N3O6S/c1-5-26(6-2)23(31)19-14(4)18(24(32)33-7-3)20(34-19)25-17(28)12-13-27-21(29)15-10-8-9-11-16(15)22(27)30/h8-11H,5-7,12-13H2,1-4H3,(H,25,28). The van der Waals surface area contributed by atoms with Gasteiger partial charge < -0.3 is 15.0 Å². The highest BCUT2D eigenvalue weighted by atomic mass is 32.1.